The van der Waals surface area contributed by atoms with Gasteiger partial charge in [-0.05, 0) is 25.0 Å². The van der Waals surface area contributed by atoms with Crippen LogP contribution in [0.4, 0.5) is 0 Å². The van der Waals surface area contributed by atoms with Gasteiger partial charge in [-0.25, -0.2) is 9.59 Å². The van der Waals surface area contributed by atoms with E-state index in [1.54, 1.807) is 0 Å². The van der Waals surface area contributed by atoms with Crippen molar-refractivity contribution >= 4 is 23.8 Å². The third-order valence-corrected chi connectivity index (χ3v) is 6.91. The van der Waals surface area contributed by atoms with Crippen LogP contribution in [-0.2, 0) is 9.47 Å². The van der Waals surface area contributed by atoms with Crippen molar-refractivity contribution in [2.75, 3.05) is 13.2 Å². The number of hydrogen-bond acceptors (Lipinski definition) is 7. The molecule has 212 valence electrons. The van der Waals surface area contributed by atoms with E-state index in [2.05, 4.69) is 13.8 Å². The minimum atomic E-state index is -0.944. The zero-order valence-corrected chi connectivity index (χ0v) is 23.2. The second kappa shape index (κ2) is 17.7. The van der Waals surface area contributed by atoms with E-state index < -0.39 is 23.8 Å². The van der Waals surface area contributed by atoms with Gasteiger partial charge in [0.15, 0.2) is 0 Å². The molecule has 1 aliphatic rings. The van der Waals surface area contributed by atoms with Crippen LogP contribution in [0.25, 0.3) is 0 Å². The molecule has 0 unspecified atom stereocenters. The van der Waals surface area contributed by atoms with Gasteiger partial charge in [0.2, 0.25) is 0 Å². The summed E-state index contributed by atoms with van der Waals surface area (Å²) in [5.41, 5.74) is -0.561. The van der Waals surface area contributed by atoms with E-state index in [1.165, 1.54) is 51.4 Å². The largest absolute Gasteiger partial charge is 0.462 e. The normalized spacial score (nSPS) is 12.7. The molecule has 2 rings (SSSR count). The Labute approximate surface area is 227 Å². The van der Waals surface area contributed by atoms with Crippen molar-refractivity contribution in [2.45, 2.75) is 117 Å². The summed E-state index contributed by atoms with van der Waals surface area (Å²) in [6.07, 6.45) is 17.6. The molecule has 1 aromatic carbocycles. The van der Waals surface area contributed by atoms with E-state index >= 15 is 0 Å². The highest BCUT2D eigenvalue weighted by Crippen LogP contribution is 2.27. The monoisotopic (exact) mass is 531 g/mol. The third kappa shape index (κ3) is 9.86. The molecule has 0 fully saturated rings. The first kappa shape index (κ1) is 31.5. The van der Waals surface area contributed by atoms with Gasteiger partial charge in [-0.1, -0.05) is 104 Å². The molecule has 8 heteroatoms. The molecule has 2 amide bonds. The Morgan fingerprint density at radius 2 is 0.921 bits per heavy atom. The average molecular weight is 532 g/mol. The first-order valence-corrected chi connectivity index (χ1v) is 14.5. The predicted octanol–water partition coefficient (Wildman–Crippen LogP) is 7.27. The van der Waals surface area contributed by atoms with Crippen LogP contribution in [0.1, 0.15) is 158 Å². The Morgan fingerprint density at radius 1 is 0.605 bits per heavy atom. The van der Waals surface area contributed by atoms with Crippen molar-refractivity contribution in [1.29, 1.82) is 0 Å². The standard InChI is InChI=1S/C30H45NO7/c1-3-5-7-9-11-13-15-17-19-37-29(34)25-21-23-24(28(33)31(36)27(23)32)22-26(25)30(35)38-20-18-16-14-12-10-8-6-4-2/h21-22,36H,3-20H2,1-2H3. The number of unbranched alkanes of at least 4 members (excludes halogenated alkanes) is 14. The van der Waals surface area contributed by atoms with Crippen LogP contribution in [0.15, 0.2) is 12.1 Å². The summed E-state index contributed by atoms with van der Waals surface area (Å²) in [6.45, 7) is 4.75. The van der Waals surface area contributed by atoms with Gasteiger partial charge in [0.1, 0.15) is 0 Å². The SMILES string of the molecule is CCCCCCCCCCOC(=O)c1cc2c(cc1C(=O)OCCCCCCCCCC)C(=O)N(O)C2=O. The smallest absolute Gasteiger partial charge is 0.339 e. The lowest BCUT2D eigenvalue weighted by Crippen LogP contribution is -2.25. The molecule has 0 atom stereocenters. The summed E-state index contributed by atoms with van der Waals surface area (Å²) in [7, 11) is 0. The molecule has 0 aliphatic carbocycles. The van der Waals surface area contributed by atoms with Crippen molar-refractivity contribution in [3.63, 3.8) is 0 Å². The van der Waals surface area contributed by atoms with Crippen LogP contribution in [0.2, 0.25) is 0 Å². The lowest BCUT2D eigenvalue weighted by atomic mass is 9.99. The number of rotatable bonds is 20. The summed E-state index contributed by atoms with van der Waals surface area (Å²) in [5, 5.41) is 9.71. The van der Waals surface area contributed by atoms with Crippen LogP contribution in [0, 0.1) is 0 Å². The molecule has 8 nitrogen and oxygen atoms in total. The van der Waals surface area contributed by atoms with Crippen molar-refractivity contribution in [3.8, 4) is 0 Å². The number of carbonyl (C=O) groups excluding carboxylic acids is 4. The Morgan fingerprint density at radius 3 is 1.26 bits per heavy atom. The van der Waals surface area contributed by atoms with Crippen LogP contribution in [-0.4, -0.2) is 47.2 Å². The number of carbonyl (C=O) groups is 4. The molecule has 0 saturated carbocycles. The van der Waals surface area contributed by atoms with E-state index in [0.29, 0.717) is 12.8 Å². The molecule has 1 heterocycles. The van der Waals surface area contributed by atoms with Crippen molar-refractivity contribution < 1.29 is 33.9 Å². The van der Waals surface area contributed by atoms with E-state index in [1.807, 2.05) is 0 Å². The van der Waals surface area contributed by atoms with Gasteiger partial charge in [-0.15, -0.1) is 5.06 Å². The highest BCUT2D eigenvalue weighted by Gasteiger charge is 2.38. The maximum Gasteiger partial charge on any atom is 0.339 e. The van der Waals surface area contributed by atoms with Crippen LogP contribution in [0.3, 0.4) is 0 Å². The molecule has 0 bridgehead atoms. The minimum absolute atomic E-state index is 0.0179. The number of esters is 2. The van der Waals surface area contributed by atoms with Gasteiger partial charge in [-0.3, -0.25) is 14.8 Å². The fraction of sp³-hybridized carbons (Fsp3) is 0.667. The zero-order chi connectivity index (χ0) is 27.8. The van der Waals surface area contributed by atoms with Crippen LogP contribution < -0.4 is 0 Å². The summed E-state index contributed by atoms with van der Waals surface area (Å²) in [4.78, 5) is 50.2. The number of ether oxygens (including phenoxy) is 2. The van der Waals surface area contributed by atoms with Gasteiger partial charge in [0, 0.05) is 0 Å². The topological polar surface area (TPSA) is 110 Å². The van der Waals surface area contributed by atoms with Gasteiger partial charge in [0.05, 0.1) is 35.5 Å². The van der Waals surface area contributed by atoms with Crippen molar-refractivity contribution in [2.24, 2.45) is 0 Å². The van der Waals surface area contributed by atoms with Gasteiger partial charge >= 0.3 is 11.9 Å². The second-order valence-electron chi connectivity index (χ2n) is 10.1. The number of benzene rings is 1. The fourth-order valence-electron chi connectivity index (χ4n) is 4.57. The van der Waals surface area contributed by atoms with Gasteiger partial charge < -0.3 is 9.47 Å². The third-order valence-electron chi connectivity index (χ3n) is 6.91. The Balaban J connectivity index is 1.92. The molecule has 0 saturated heterocycles. The maximum absolute atomic E-state index is 12.9. The van der Waals surface area contributed by atoms with Crippen molar-refractivity contribution in [3.05, 3.63) is 34.4 Å². The number of nitrogens with zero attached hydrogens (tertiary/aromatic N) is 1. The molecular formula is C30H45NO7. The molecule has 0 radical (unpaired) electrons. The Bertz CT molecular complexity index is 854. The molecule has 0 aromatic heterocycles. The maximum atomic E-state index is 12.9. The first-order valence-electron chi connectivity index (χ1n) is 14.5. The molecule has 0 spiro atoms. The minimum Gasteiger partial charge on any atom is -0.462 e. The first-order chi connectivity index (χ1) is 18.4. The highest BCUT2D eigenvalue weighted by atomic mass is 16.5. The highest BCUT2D eigenvalue weighted by molar-refractivity contribution is 6.22. The van der Waals surface area contributed by atoms with E-state index in [0.717, 1.165) is 50.7 Å². The molecule has 1 N–H and O–H groups in total. The predicted molar refractivity (Wildman–Crippen MR) is 145 cm³/mol. The van der Waals surface area contributed by atoms with Gasteiger partial charge in [-0.2, -0.15) is 0 Å². The fourth-order valence-corrected chi connectivity index (χ4v) is 4.57. The summed E-state index contributed by atoms with van der Waals surface area (Å²) in [6, 6.07) is 2.30. The lowest BCUT2D eigenvalue weighted by Gasteiger charge is -2.11. The zero-order valence-electron chi connectivity index (χ0n) is 23.2. The van der Waals surface area contributed by atoms with Gasteiger partial charge in [0.25, 0.3) is 11.8 Å². The number of amides is 2. The molecular weight excluding hydrogens is 486 g/mol. The van der Waals surface area contributed by atoms with Crippen LogP contribution >= 0.6 is 0 Å². The van der Waals surface area contributed by atoms with E-state index in [9.17, 15) is 24.4 Å². The van der Waals surface area contributed by atoms with Crippen molar-refractivity contribution in [1.82, 2.24) is 5.06 Å². The van der Waals surface area contributed by atoms with E-state index in [-0.39, 0.29) is 40.5 Å². The number of fused-ring (bicyclic) bond motifs is 1. The van der Waals surface area contributed by atoms with Crippen LogP contribution in [0.5, 0.6) is 0 Å². The number of hydrogen-bond donors (Lipinski definition) is 1. The summed E-state index contributed by atoms with van der Waals surface area (Å²) in [5.74, 6) is -3.40. The molecule has 1 aromatic rings. The average Bonchev–Trinajstić information content (AvgIpc) is 3.13. The molecule has 1 aliphatic heterocycles. The summed E-state index contributed by atoms with van der Waals surface area (Å²) >= 11 is 0. The Hall–Kier alpha value is -2.74. The summed E-state index contributed by atoms with van der Waals surface area (Å²) < 4.78 is 10.8. The molecule has 38 heavy (non-hydrogen) atoms. The Kier molecular flexibility index (Phi) is 14.7. The lowest BCUT2D eigenvalue weighted by molar-refractivity contribution is -0.0327. The number of imide groups is 1. The van der Waals surface area contributed by atoms with E-state index in [4.69, 9.17) is 9.47 Å². The number of hydroxylamine groups is 2. The quantitative estimate of drug-likeness (QED) is 0.0815. The second-order valence-corrected chi connectivity index (χ2v) is 10.1.